The summed E-state index contributed by atoms with van der Waals surface area (Å²) >= 11 is 5.92. The van der Waals surface area contributed by atoms with Gasteiger partial charge in [-0.05, 0) is 61.0 Å². The first-order chi connectivity index (χ1) is 16.2. The molecular formula is C25H24ClN3O4S. The average Bonchev–Trinajstić information content (AvgIpc) is 2.81. The second-order valence-electron chi connectivity index (χ2n) is 7.40. The van der Waals surface area contributed by atoms with Crippen LogP contribution in [0.5, 0.6) is 0 Å². The fourth-order valence-corrected chi connectivity index (χ4v) is 4.74. The van der Waals surface area contributed by atoms with Crippen LogP contribution in [0.2, 0.25) is 5.02 Å². The molecule has 2 N–H and O–H groups in total. The number of anilines is 2. The summed E-state index contributed by atoms with van der Waals surface area (Å²) < 4.78 is 28.0. The van der Waals surface area contributed by atoms with Gasteiger partial charge >= 0.3 is 0 Å². The lowest BCUT2D eigenvalue weighted by Gasteiger charge is -2.24. The van der Waals surface area contributed by atoms with Crippen LogP contribution < -0.4 is 14.9 Å². The van der Waals surface area contributed by atoms with Crippen LogP contribution in [0.3, 0.4) is 0 Å². The van der Waals surface area contributed by atoms with E-state index in [0.717, 1.165) is 9.87 Å². The second kappa shape index (κ2) is 11.0. The Hall–Kier alpha value is -3.62. The van der Waals surface area contributed by atoms with Crippen LogP contribution in [0.1, 0.15) is 15.9 Å². The summed E-state index contributed by atoms with van der Waals surface area (Å²) in [5.41, 5.74) is 1.68. The lowest BCUT2D eigenvalue weighted by atomic mass is 10.1. The third-order valence-electron chi connectivity index (χ3n) is 4.83. The number of carbonyl (C=O) groups excluding carboxylic acids is 2. The first kappa shape index (κ1) is 25.0. The summed E-state index contributed by atoms with van der Waals surface area (Å²) in [6.07, 6.45) is 1.54. The van der Waals surface area contributed by atoms with Gasteiger partial charge in [-0.3, -0.25) is 13.9 Å². The molecule has 0 bridgehead atoms. The number of hydrogen-bond donors (Lipinski definition) is 2. The highest BCUT2D eigenvalue weighted by molar-refractivity contribution is 7.92. The monoisotopic (exact) mass is 497 g/mol. The quantitative estimate of drug-likeness (QED) is 0.428. The van der Waals surface area contributed by atoms with Crippen molar-refractivity contribution in [1.29, 1.82) is 0 Å². The molecule has 3 aromatic carbocycles. The maximum absolute atomic E-state index is 13.5. The van der Waals surface area contributed by atoms with Gasteiger partial charge in [0.25, 0.3) is 15.9 Å². The Morgan fingerprint density at radius 3 is 2.41 bits per heavy atom. The average molecular weight is 498 g/mol. The SMILES string of the molecule is C=CCNC(=O)c1ccccc1NC(=O)CN(c1cccc(C)c1)S(=O)(=O)c1ccc(Cl)cc1. The molecule has 9 heteroatoms. The van der Waals surface area contributed by atoms with Crippen LogP contribution in [0.4, 0.5) is 11.4 Å². The molecule has 0 unspecified atom stereocenters. The van der Waals surface area contributed by atoms with Gasteiger partial charge in [-0.15, -0.1) is 6.58 Å². The minimum absolute atomic E-state index is 0.00425. The first-order valence-corrected chi connectivity index (χ1v) is 12.2. The van der Waals surface area contributed by atoms with E-state index < -0.39 is 22.5 Å². The first-order valence-electron chi connectivity index (χ1n) is 10.4. The second-order valence-corrected chi connectivity index (χ2v) is 9.70. The van der Waals surface area contributed by atoms with E-state index in [1.165, 1.54) is 24.3 Å². The van der Waals surface area contributed by atoms with Gasteiger partial charge in [-0.1, -0.05) is 41.9 Å². The molecule has 176 valence electrons. The molecule has 34 heavy (non-hydrogen) atoms. The van der Waals surface area contributed by atoms with Gasteiger partial charge in [0.05, 0.1) is 21.8 Å². The molecule has 2 amide bonds. The fourth-order valence-electron chi connectivity index (χ4n) is 3.20. The predicted molar refractivity (Wildman–Crippen MR) is 135 cm³/mol. The van der Waals surface area contributed by atoms with Gasteiger partial charge in [-0.2, -0.15) is 0 Å². The number of halogens is 1. The van der Waals surface area contributed by atoms with E-state index in [9.17, 15) is 18.0 Å². The standard InChI is InChI=1S/C25H24ClN3O4S/c1-3-15-27-25(31)22-9-4-5-10-23(22)28-24(30)17-29(20-8-6-7-18(2)16-20)34(32,33)21-13-11-19(26)12-14-21/h3-14,16H,1,15,17H2,2H3,(H,27,31)(H,28,30). The highest BCUT2D eigenvalue weighted by atomic mass is 35.5. The van der Waals surface area contributed by atoms with Crippen molar-refractivity contribution in [3.63, 3.8) is 0 Å². The summed E-state index contributed by atoms with van der Waals surface area (Å²) in [5, 5.41) is 5.72. The molecule has 0 radical (unpaired) electrons. The van der Waals surface area contributed by atoms with E-state index >= 15 is 0 Å². The molecule has 0 heterocycles. The van der Waals surface area contributed by atoms with E-state index in [2.05, 4.69) is 17.2 Å². The maximum Gasteiger partial charge on any atom is 0.264 e. The summed E-state index contributed by atoms with van der Waals surface area (Å²) in [7, 11) is -4.09. The Kier molecular flexibility index (Phi) is 8.09. The lowest BCUT2D eigenvalue weighted by molar-refractivity contribution is -0.114. The number of sulfonamides is 1. The minimum atomic E-state index is -4.09. The van der Waals surface area contributed by atoms with Crippen LogP contribution >= 0.6 is 11.6 Å². The molecule has 0 spiro atoms. The summed E-state index contributed by atoms with van der Waals surface area (Å²) in [6, 6.07) is 19.0. The molecule has 0 atom stereocenters. The zero-order valence-corrected chi connectivity index (χ0v) is 20.1. The van der Waals surface area contributed by atoms with E-state index in [4.69, 9.17) is 11.6 Å². The van der Waals surface area contributed by atoms with Crippen LogP contribution in [0, 0.1) is 6.92 Å². The fraction of sp³-hybridized carbons (Fsp3) is 0.120. The summed E-state index contributed by atoms with van der Waals surface area (Å²) in [4.78, 5) is 25.4. The highest BCUT2D eigenvalue weighted by Crippen LogP contribution is 2.26. The van der Waals surface area contributed by atoms with Gasteiger partial charge in [0.2, 0.25) is 5.91 Å². The van der Waals surface area contributed by atoms with Crippen LogP contribution in [-0.4, -0.2) is 33.3 Å². The zero-order valence-electron chi connectivity index (χ0n) is 18.5. The highest BCUT2D eigenvalue weighted by Gasteiger charge is 2.28. The van der Waals surface area contributed by atoms with Crippen molar-refractivity contribution in [2.75, 3.05) is 22.7 Å². The third-order valence-corrected chi connectivity index (χ3v) is 6.87. The smallest absolute Gasteiger partial charge is 0.264 e. The number of nitrogens with one attached hydrogen (secondary N) is 2. The Labute approximate surface area is 204 Å². The Morgan fingerprint density at radius 2 is 1.74 bits per heavy atom. The van der Waals surface area contributed by atoms with Gasteiger partial charge in [-0.25, -0.2) is 8.42 Å². The Bertz CT molecular complexity index is 1310. The Morgan fingerprint density at radius 1 is 1.03 bits per heavy atom. The van der Waals surface area contributed by atoms with Crippen molar-refractivity contribution < 1.29 is 18.0 Å². The van der Waals surface area contributed by atoms with Crippen LogP contribution in [-0.2, 0) is 14.8 Å². The van der Waals surface area contributed by atoms with Crippen LogP contribution in [0.25, 0.3) is 0 Å². The van der Waals surface area contributed by atoms with E-state index in [-0.39, 0.29) is 28.6 Å². The topological polar surface area (TPSA) is 95.6 Å². The van der Waals surface area contributed by atoms with Crippen molar-refractivity contribution in [2.24, 2.45) is 0 Å². The number of rotatable bonds is 9. The Balaban J connectivity index is 1.92. The van der Waals surface area contributed by atoms with Gasteiger partial charge < -0.3 is 10.6 Å². The lowest BCUT2D eigenvalue weighted by Crippen LogP contribution is -2.38. The normalized spacial score (nSPS) is 10.9. The largest absolute Gasteiger partial charge is 0.349 e. The predicted octanol–water partition coefficient (Wildman–Crippen LogP) is 4.40. The van der Waals surface area contributed by atoms with Crippen LogP contribution in [0.15, 0.2) is 90.3 Å². The molecule has 0 aromatic heterocycles. The summed E-state index contributed by atoms with van der Waals surface area (Å²) in [6.45, 7) is 5.15. The maximum atomic E-state index is 13.5. The van der Waals surface area contributed by atoms with Crippen molar-refractivity contribution in [2.45, 2.75) is 11.8 Å². The molecule has 0 fully saturated rings. The molecule has 0 saturated heterocycles. The molecule has 7 nitrogen and oxygen atoms in total. The molecule has 0 aliphatic carbocycles. The van der Waals surface area contributed by atoms with E-state index in [1.54, 1.807) is 48.5 Å². The molecule has 0 aliphatic heterocycles. The molecule has 3 aromatic rings. The molecule has 3 rings (SSSR count). The summed E-state index contributed by atoms with van der Waals surface area (Å²) in [5.74, 6) is -0.997. The van der Waals surface area contributed by atoms with Crippen molar-refractivity contribution in [1.82, 2.24) is 5.32 Å². The zero-order chi connectivity index (χ0) is 24.7. The van der Waals surface area contributed by atoms with Crippen molar-refractivity contribution >= 4 is 44.8 Å². The third kappa shape index (κ3) is 6.03. The molecular weight excluding hydrogens is 474 g/mol. The van der Waals surface area contributed by atoms with Crippen molar-refractivity contribution in [3.05, 3.63) is 102 Å². The van der Waals surface area contributed by atoms with Crippen molar-refractivity contribution in [3.8, 4) is 0 Å². The number of benzene rings is 3. The molecule has 0 aliphatic rings. The van der Waals surface area contributed by atoms with E-state index in [1.807, 2.05) is 13.0 Å². The van der Waals surface area contributed by atoms with Gasteiger partial charge in [0.1, 0.15) is 6.54 Å². The van der Waals surface area contributed by atoms with E-state index in [0.29, 0.717) is 10.7 Å². The number of hydrogen-bond acceptors (Lipinski definition) is 4. The minimum Gasteiger partial charge on any atom is -0.349 e. The van der Waals surface area contributed by atoms with Gasteiger partial charge in [0.15, 0.2) is 0 Å². The number of aryl methyl sites for hydroxylation is 1. The number of nitrogens with zero attached hydrogens (tertiary/aromatic N) is 1. The number of amides is 2. The molecule has 0 saturated carbocycles. The number of carbonyl (C=O) groups is 2. The van der Waals surface area contributed by atoms with Gasteiger partial charge in [0, 0.05) is 11.6 Å². The number of para-hydroxylation sites is 1.